The van der Waals surface area contributed by atoms with Gasteiger partial charge in [-0.15, -0.1) is 0 Å². The first-order valence-electron chi connectivity index (χ1n) is 7.21. The zero-order chi connectivity index (χ0) is 13.9. The molecule has 0 saturated carbocycles. The highest BCUT2D eigenvalue weighted by Crippen LogP contribution is 2.35. The highest BCUT2D eigenvalue weighted by Gasteiger charge is 2.29. The van der Waals surface area contributed by atoms with Crippen molar-refractivity contribution in [3.63, 3.8) is 0 Å². The zero-order valence-corrected chi connectivity index (χ0v) is 12.9. The molecule has 0 heterocycles. The van der Waals surface area contributed by atoms with Gasteiger partial charge in [0.1, 0.15) is 5.82 Å². The van der Waals surface area contributed by atoms with Crippen LogP contribution in [0.15, 0.2) is 18.2 Å². The molecule has 0 aliphatic heterocycles. The number of nitrogens with one attached hydrogen (secondary N) is 1. The third-order valence-corrected chi connectivity index (χ3v) is 6.19. The summed E-state index contributed by atoms with van der Waals surface area (Å²) in [6.07, 6.45) is 6.41. The number of fused-ring (bicyclic) bond motifs is 1. The van der Waals surface area contributed by atoms with Crippen LogP contribution in [0.25, 0.3) is 0 Å². The number of hydrogen-bond donors (Lipinski definition) is 1. The molecule has 1 atom stereocenters. The second-order valence-corrected chi connectivity index (χ2v) is 6.65. The number of rotatable bonds is 6. The van der Waals surface area contributed by atoms with Gasteiger partial charge in [0.15, 0.2) is 0 Å². The molecule has 1 aliphatic carbocycles. The van der Waals surface area contributed by atoms with Gasteiger partial charge in [-0.3, -0.25) is 0 Å². The lowest BCUT2D eigenvalue weighted by atomic mass is 10.0. The molecular formula is C16H24FNS. The van der Waals surface area contributed by atoms with E-state index < -0.39 is 0 Å². The Bertz CT molecular complexity index is 420. The Balaban J connectivity index is 2.05. The Morgan fingerprint density at radius 3 is 2.74 bits per heavy atom. The van der Waals surface area contributed by atoms with Crippen LogP contribution in [0.5, 0.6) is 0 Å². The Morgan fingerprint density at radius 2 is 2.11 bits per heavy atom. The summed E-state index contributed by atoms with van der Waals surface area (Å²) in [5.74, 6) is -0.0380. The van der Waals surface area contributed by atoms with E-state index in [-0.39, 0.29) is 5.82 Å². The topological polar surface area (TPSA) is 12.0 Å². The molecule has 1 N–H and O–H groups in total. The quantitative estimate of drug-likeness (QED) is 0.833. The molecule has 0 spiro atoms. The monoisotopic (exact) mass is 281 g/mol. The van der Waals surface area contributed by atoms with Crippen molar-refractivity contribution >= 4 is 11.8 Å². The molecule has 1 nitrogen and oxygen atoms in total. The second kappa shape index (κ2) is 6.27. The van der Waals surface area contributed by atoms with Crippen molar-refractivity contribution in [2.75, 3.05) is 12.8 Å². The molecule has 0 bridgehead atoms. The normalized spacial score (nSPS) is 18.6. The van der Waals surface area contributed by atoms with Gasteiger partial charge < -0.3 is 5.32 Å². The molecular weight excluding hydrogens is 257 g/mol. The fraction of sp³-hybridized carbons (Fsp3) is 0.625. The Kier molecular flexibility index (Phi) is 4.91. The van der Waals surface area contributed by atoms with Gasteiger partial charge in [0, 0.05) is 17.3 Å². The standard InChI is InChI=1S/C16H24FNS/c1-4-16(5-2,19-3)11-18-15-10-9-12-13(15)7-6-8-14(12)17/h6-8,15,18H,4-5,9-11H2,1-3H3. The van der Waals surface area contributed by atoms with Crippen molar-refractivity contribution in [2.24, 2.45) is 0 Å². The van der Waals surface area contributed by atoms with E-state index in [1.54, 1.807) is 6.07 Å². The van der Waals surface area contributed by atoms with Crippen molar-refractivity contribution < 1.29 is 4.39 Å². The van der Waals surface area contributed by atoms with Crippen molar-refractivity contribution in [1.29, 1.82) is 0 Å². The lowest BCUT2D eigenvalue weighted by molar-refractivity contribution is 0.443. The molecule has 0 aromatic heterocycles. The average Bonchev–Trinajstić information content (AvgIpc) is 2.86. The van der Waals surface area contributed by atoms with E-state index in [9.17, 15) is 4.39 Å². The summed E-state index contributed by atoms with van der Waals surface area (Å²) in [7, 11) is 0. The Hall–Kier alpha value is -0.540. The summed E-state index contributed by atoms with van der Waals surface area (Å²) >= 11 is 1.95. The van der Waals surface area contributed by atoms with Crippen molar-refractivity contribution in [3.8, 4) is 0 Å². The van der Waals surface area contributed by atoms with Crippen LogP contribution in [-0.4, -0.2) is 17.5 Å². The minimum atomic E-state index is -0.0380. The lowest BCUT2D eigenvalue weighted by Crippen LogP contribution is -2.38. The van der Waals surface area contributed by atoms with Crippen molar-refractivity contribution in [3.05, 3.63) is 35.1 Å². The first-order chi connectivity index (χ1) is 9.15. The molecule has 1 aliphatic rings. The van der Waals surface area contributed by atoms with Gasteiger partial charge in [-0.2, -0.15) is 11.8 Å². The summed E-state index contributed by atoms with van der Waals surface area (Å²) in [6.45, 7) is 5.51. The van der Waals surface area contributed by atoms with Crippen LogP contribution < -0.4 is 5.32 Å². The van der Waals surface area contributed by atoms with Crippen LogP contribution in [-0.2, 0) is 6.42 Å². The third kappa shape index (κ3) is 2.97. The van der Waals surface area contributed by atoms with Gasteiger partial charge in [0.2, 0.25) is 0 Å². The van der Waals surface area contributed by atoms with Crippen LogP contribution in [0, 0.1) is 5.82 Å². The molecule has 1 aromatic carbocycles. The van der Waals surface area contributed by atoms with Crippen molar-refractivity contribution in [1.82, 2.24) is 5.32 Å². The molecule has 0 amide bonds. The molecule has 2 rings (SSSR count). The number of benzene rings is 1. The van der Waals surface area contributed by atoms with E-state index >= 15 is 0 Å². The smallest absolute Gasteiger partial charge is 0.126 e. The fourth-order valence-corrected chi connectivity index (χ4v) is 3.80. The van der Waals surface area contributed by atoms with E-state index in [0.717, 1.165) is 24.9 Å². The summed E-state index contributed by atoms with van der Waals surface area (Å²) in [6, 6.07) is 5.80. The molecule has 0 fully saturated rings. The summed E-state index contributed by atoms with van der Waals surface area (Å²) in [4.78, 5) is 0. The van der Waals surface area contributed by atoms with E-state index in [4.69, 9.17) is 0 Å². The maximum absolute atomic E-state index is 13.7. The highest BCUT2D eigenvalue weighted by molar-refractivity contribution is 8.00. The van der Waals surface area contributed by atoms with E-state index in [0.29, 0.717) is 10.8 Å². The van der Waals surface area contributed by atoms with Gasteiger partial charge in [0.05, 0.1) is 0 Å². The maximum atomic E-state index is 13.7. The average molecular weight is 281 g/mol. The summed E-state index contributed by atoms with van der Waals surface area (Å²) in [5.41, 5.74) is 2.09. The number of hydrogen-bond acceptors (Lipinski definition) is 2. The van der Waals surface area contributed by atoms with Crippen molar-refractivity contribution in [2.45, 2.75) is 50.3 Å². The fourth-order valence-electron chi connectivity index (χ4n) is 2.99. The summed E-state index contributed by atoms with van der Waals surface area (Å²) < 4.78 is 14.0. The first-order valence-corrected chi connectivity index (χ1v) is 8.44. The van der Waals surface area contributed by atoms with Gasteiger partial charge in [-0.05, 0) is 49.1 Å². The van der Waals surface area contributed by atoms with Gasteiger partial charge in [0.25, 0.3) is 0 Å². The van der Waals surface area contributed by atoms with Gasteiger partial charge in [-0.25, -0.2) is 4.39 Å². The van der Waals surface area contributed by atoms with Crippen LogP contribution >= 0.6 is 11.8 Å². The third-order valence-electron chi connectivity index (χ3n) is 4.61. The molecule has 0 saturated heterocycles. The minimum Gasteiger partial charge on any atom is -0.309 e. The zero-order valence-electron chi connectivity index (χ0n) is 12.1. The first kappa shape index (κ1) is 14.9. The van der Waals surface area contributed by atoms with Gasteiger partial charge in [-0.1, -0.05) is 26.0 Å². The molecule has 3 heteroatoms. The second-order valence-electron chi connectivity index (χ2n) is 5.37. The molecule has 0 radical (unpaired) electrons. The molecule has 106 valence electrons. The van der Waals surface area contributed by atoms with E-state index in [1.807, 2.05) is 17.8 Å². The maximum Gasteiger partial charge on any atom is 0.126 e. The molecule has 19 heavy (non-hydrogen) atoms. The highest BCUT2D eigenvalue weighted by atomic mass is 32.2. The van der Waals surface area contributed by atoms with Gasteiger partial charge >= 0.3 is 0 Å². The van der Waals surface area contributed by atoms with Crippen LogP contribution in [0.1, 0.15) is 50.3 Å². The largest absolute Gasteiger partial charge is 0.309 e. The minimum absolute atomic E-state index is 0.0380. The molecule has 1 aromatic rings. The Morgan fingerprint density at radius 1 is 1.37 bits per heavy atom. The van der Waals surface area contributed by atoms with Crippen LogP contribution in [0.2, 0.25) is 0 Å². The molecule has 1 unspecified atom stereocenters. The SMILES string of the molecule is CCC(CC)(CNC1CCc2c(F)cccc21)SC. The number of halogens is 1. The Labute approximate surface area is 120 Å². The number of thioether (sulfide) groups is 1. The van der Waals surface area contributed by atoms with E-state index in [1.165, 1.54) is 18.4 Å². The predicted octanol–water partition coefficient (Wildman–Crippen LogP) is 4.32. The van der Waals surface area contributed by atoms with Crippen LogP contribution in [0.3, 0.4) is 0 Å². The van der Waals surface area contributed by atoms with Crippen LogP contribution in [0.4, 0.5) is 4.39 Å². The predicted molar refractivity (Wildman–Crippen MR) is 82.3 cm³/mol. The lowest BCUT2D eigenvalue weighted by Gasteiger charge is -2.31. The van der Waals surface area contributed by atoms with E-state index in [2.05, 4.69) is 31.5 Å². The summed E-state index contributed by atoms with van der Waals surface area (Å²) in [5, 5.41) is 3.67.